The smallest absolute Gasteiger partial charge is 0.270 e. The maximum absolute atomic E-state index is 12.1. The van der Waals surface area contributed by atoms with Crippen LogP contribution in [0.5, 0.6) is 0 Å². The van der Waals surface area contributed by atoms with Gasteiger partial charge >= 0.3 is 0 Å². The Hall–Kier alpha value is -2.21. The number of aliphatic hydroxyl groups is 1. The van der Waals surface area contributed by atoms with Gasteiger partial charge in [-0.2, -0.15) is 0 Å². The Morgan fingerprint density at radius 1 is 1.35 bits per heavy atom. The predicted octanol–water partition coefficient (Wildman–Crippen LogP) is 2.67. The van der Waals surface area contributed by atoms with Gasteiger partial charge in [0, 0.05) is 36.8 Å². The quantitative estimate of drug-likeness (QED) is 0.378. The van der Waals surface area contributed by atoms with Gasteiger partial charge in [0.25, 0.3) is 5.69 Å². The van der Waals surface area contributed by atoms with Crippen LogP contribution in [0.1, 0.15) is 37.7 Å². The molecular formula is C17H22N2O4. The normalized spacial score (nSPS) is 21.8. The minimum atomic E-state index is -0.464. The Bertz CT molecular complexity index is 586. The molecule has 0 spiro atoms. The van der Waals surface area contributed by atoms with Gasteiger partial charge in [-0.25, -0.2) is 0 Å². The molecule has 124 valence electrons. The molecule has 1 amide bonds. The van der Waals surface area contributed by atoms with Crippen LogP contribution in [0, 0.1) is 16.0 Å². The van der Waals surface area contributed by atoms with Gasteiger partial charge in [0.05, 0.1) is 4.92 Å². The SMILES string of the molecule is O=C(/C=C/c1cccc([N+](=O)[O-])c1)NC1CCCCCC1CO. The summed E-state index contributed by atoms with van der Waals surface area (Å²) >= 11 is 0. The van der Waals surface area contributed by atoms with Crippen molar-refractivity contribution in [1.82, 2.24) is 5.32 Å². The van der Waals surface area contributed by atoms with Gasteiger partial charge in [-0.15, -0.1) is 0 Å². The summed E-state index contributed by atoms with van der Waals surface area (Å²) in [6.45, 7) is 0.0829. The molecule has 2 unspecified atom stereocenters. The average molecular weight is 318 g/mol. The number of nitrogens with one attached hydrogen (secondary N) is 1. The number of nitrogens with zero attached hydrogens (tertiary/aromatic N) is 1. The zero-order chi connectivity index (χ0) is 16.7. The maximum Gasteiger partial charge on any atom is 0.270 e. The third kappa shape index (κ3) is 5.17. The molecular weight excluding hydrogens is 296 g/mol. The standard InChI is InChI=1S/C17H22N2O4/c20-12-14-6-2-1-3-8-16(14)18-17(21)10-9-13-5-4-7-15(11-13)19(22)23/h4-5,7,9-11,14,16,20H,1-3,6,8,12H2,(H,18,21)/b10-9+. The molecule has 0 radical (unpaired) electrons. The molecule has 0 heterocycles. The Balaban J connectivity index is 1.97. The lowest BCUT2D eigenvalue weighted by molar-refractivity contribution is -0.384. The number of hydrogen-bond donors (Lipinski definition) is 2. The Labute approximate surface area is 135 Å². The molecule has 23 heavy (non-hydrogen) atoms. The number of benzene rings is 1. The van der Waals surface area contributed by atoms with Crippen molar-refractivity contribution in [2.75, 3.05) is 6.61 Å². The number of nitro benzene ring substituents is 1. The minimum absolute atomic E-state index is 0.00308. The lowest BCUT2D eigenvalue weighted by Crippen LogP contribution is -2.40. The molecule has 0 bridgehead atoms. The van der Waals surface area contributed by atoms with Crippen molar-refractivity contribution in [3.63, 3.8) is 0 Å². The van der Waals surface area contributed by atoms with E-state index in [0.29, 0.717) is 5.56 Å². The van der Waals surface area contributed by atoms with Crippen molar-refractivity contribution in [1.29, 1.82) is 0 Å². The Kier molecular flexibility index (Phi) is 6.29. The van der Waals surface area contributed by atoms with Crippen molar-refractivity contribution in [3.8, 4) is 0 Å². The molecule has 0 aromatic heterocycles. The third-order valence-corrected chi connectivity index (χ3v) is 4.23. The zero-order valence-electron chi connectivity index (χ0n) is 13.0. The van der Waals surface area contributed by atoms with Crippen LogP contribution in [0.4, 0.5) is 5.69 Å². The van der Waals surface area contributed by atoms with Crippen molar-refractivity contribution in [2.45, 2.75) is 38.1 Å². The number of nitro groups is 1. The second kappa shape index (κ2) is 8.43. The van der Waals surface area contributed by atoms with E-state index < -0.39 is 4.92 Å². The summed E-state index contributed by atoms with van der Waals surface area (Å²) in [7, 11) is 0. The van der Waals surface area contributed by atoms with E-state index in [0.717, 1.165) is 32.1 Å². The summed E-state index contributed by atoms with van der Waals surface area (Å²) in [5.74, 6) is -0.130. The second-order valence-electron chi connectivity index (χ2n) is 5.88. The van der Waals surface area contributed by atoms with E-state index >= 15 is 0 Å². The zero-order valence-corrected chi connectivity index (χ0v) is 13.0. The average Bonchev–Trinajstić information content (AvgIpc) is 2.78. The highest BCUT2D eigenvalue weighted by atomic mass is 16.6. The number of hydrogen-bond acceptors (Lipinski definition) is 4. The first-order chi connectivity index (χ1) is 11.1. The van der Waals surface area contributed by atoms with E-state index in [1.54, 1.807) is 18.2 Å². The van der Waals surface area contributed by atoms with Crippen LogP contribution in [0.3, 0.4) is 0 Å². The highest BCUT2D eigenvalue weighted by Crippen LogP contribution is 2.23. The van der Waals surface area contributed by atoms with Gasteiger partial charge in [-0.3, -0.25) is 14.9 Å². The van der Waals surface area contributed by atoms with Crippen molar-refractivity contribution in [3.05, 3.63) is 46.0 Å². The van der Waals surface area contributed by atoms with Crippen LogP contribution in [0.15, 0.2) is 30.3 Å². The molecule has 6 nitrogen and oxygen atoms in total. The van der Waals surface area contributed by atoms with Crippen LogP contribution in [0.2, 0.25) is 0 Å². The number of aliphatic hydroxyl groups excluding tert-OH is 1. The van der Waals surface area contributed by atoms with Crippen molar-refractivity contribution >= 4 is 17.7 Å². The molecule has 1 aromatic carbocycles. The van der Waals surface area contributed by atoms with Gasteiger partial charge in [0.1, 0.15) is 0 Å². The molecule has 1 aliphatic carbocycles. The predicted molar refractivity (Wildman–Crippen MR) is 87.7 cm³/mol. The van der Waals surface area contributed by atoms with E-state index in [1.807, 2.05) is 0 Å². The first-order valence-electron chi connectivity index (χ1n) is 7.94. The Morgan fingerprint density at radius 2 is 2.13 bits per heavy atom. The fourth-order valence-corrected chi connectivity index (χ4v) is 2.94. The molecule has 2 rings (SSSR count). The molecule has 1 aromatic rings. The van der Waals surface area contributed by atoms with Gasteiger partial charge < -0.3 is 10.4 Å². The van der Waals surface area contributed by atoms with Crippen LogP contribution in [-0.2, 0) is 4.79 Å². The molecule has 1 fully saturated rings. The molecule has 6 heteroatoms. The number of rotatable bonds is 5. The second-order valence-corrected chi connectivity index (χ2v) is 5.88. The van der Waals surface area contributed by atoms with E-state index in [4.69, 9.17) is 0 Å². The van der Waals surface area contributed by atoms with Crippen LogP contribution < -0.4 is 5.32 Å². The van der Waals surface area contributed by atoms with E-state index in [9.17, 15) is 20.0 Å². The Morgan fingerprint density at radius 3 is 2.87 bits per heavy atom. The topological polar surface area (TPSA) is 92.5 Å². The van der Waals surface area contributed by atoms with Gasteiger partial charge in [0.2, 0.25) is 5.91 Å². The summed E-state index contributed by atoms with van der Waals surface area (Å²) in [5, 5.41) is 23.1. The highest BCUT2D eigenvalue weighted by molar-refractivity contribution is 5.92. The first-order valence-corrected chi connectivity index (χ1v) is 7.94. The van der Waals surface area contributed by atoms with Crippen molar-refractivity contribution < 1.29 is 14.8 Å². The van der Waals surface area contributed by atoms with E-state index in [1.165, 1.54) is 18.2 Å². The fraction of sp³-hybridized carbons (Fsp3) is 0.471. The fourth-order valence-electron chi connectivity index (χ4n) is 2.94. The summed E-state index contributed by atoms with van der Waals surface area (Å²) < 4.78 is 0. The third-order valence-electron chi connectivity index (χ3n) is 4.23. The van der Waals surface area contributed by atoms with E-state index in [-0.39, 0.29) is 30.2 Å². The monoisotopic (exact) mass is 318 g/mol. The lowest BCUT2D eigenvalue weighted by atomic mass is 9.95. The summed E-state index contributed by atoms with van der Waals surface area (Å²) in [6, 6.07) is 6.12. The lowest BCUT2D eigenvalue weighted by Gasteiger charge is -2.23. The largest absolute Gasteiger partial charge is 0.396 e. The van der Waals surface area contributed by atoms with E-state index in [2.05, 4.69) is 5.32 Å². The van der Waals surface area contributed by atoms with Crippen LogP contribution in [0.25, 0.3) is 6.08 Å². The minimum Gasteiger partial charge on any atom is -0.396 e. The highest BCUT2D eigenvalue weighted by Gasteiger charge is 2.23. The molecule has 1 aliphatic rings. The van der Waals surface area contributed by atoms with Crippen LogP contribution >= 0.6 is 0 Å². The molecule has 2 N–H and O–H groups in total. The first kappa shape index (κ1) is 17.1. The summed E-state index contributed by atoms with van der Waals surface area (Å²) in [4.78, 5) is 22.3. The number of amides is 1. The van der Waals surface area contributed by atoms with Gasteiger partial charge in [-0.05, 0) is 24.5 Å². The number of non-ortho nitro benzene ring substituents is 1. The van der Waals surface area contributed by atoms with Gasteiger partial charge in [-0.1, -0.05) is 31.4 Å². The molecule has 2 atom stereocenters. The molecule has 0 saturated heterocycles. The summed E-state index contributed by atoms with van der Waals surface area (Å²) in [5.41, 5.74) is 0.602. The molecule has 1 saturated carbocycles. The number of carbonyl (C=O) groups excluding carboxylic acids is 1. The summed E-state index contributed by atoms with van der Waals surface area (Å²) in [6.07, 6.45) is 8.02. The maximum atomic E-state index is 12.1. The van der Waals surface area contributed by atoms with Crippen molar-refractivity contribution in [2.24, 2.45) is 5.92 Å². The molecule has 0 aliphatic heterocycles. The number of carbonyl (C=O) groups is 1. The van der Waals surface area contributed by atoms with Gasteiger partial charge in [0.15, 0.2) is 0 Å². The van der Waals surface area contributed by atoms with Crippen LogP contribution in [-0.4, -0.2) is 28.6 Å².